The van der Waals surface area contributed by atoms with Crippen LogP contribution in [0.2, 0.25) is 5.02 Å². The molecule has 24 heavy (non-hydrogen) atoms. The maximum Gasteiger partial charge on any atom is 0.322 e. The third kappa shape index (κ3) is 3.03. The number of anilines is 1. The Bertz CT molecular complexity index is 753. The molecule has 5 heteroatoms. The van der Waals surface area contributed by atoms with Crippen molar-refractivity contribution in [2.45, 2.75) is 46.2 Å². The standard InChI is InChI=1S/C19H24ClN3O/c1-4-6-17-18-10-9-13(2)22(18)11-12-23(17)19(24)21-16-8-5-7-15(20)14(16)3/h5,7-10,17H,4,6,11-12H2,1-3H3,(H,21,24)/t17-/m0/s1. The smallest absolute Gasteiger partial charge is 0.322 e. The van der Waals surface area contributed by atoms with Crippen molar-refractivity contribution in [2.24, 2.45) is 0 Å². The zero-order chi connectivity index (χ0) is 17.3. The number of hydrogen-bond acceptors (Lipinski definition) is 1. The van der Waals surface area contributed by atoms with Gasteiger partial charge in [0.15, 0.2) is 0 Å². The summed E-state index contributed by atoms with van der Waals surface area (Å²) in [4.78, 5) is 14.9. The first-order chi connectivity index (χ1) is 11.5. The zero-order valence-electron chi connectivity index (χ0n) is 14.5. The van der Waals surface area contributed by atoms with Crippen molar-refractivity contribution in [1.82, 2.24) is 9.47 Å². The number of carbonyl (C=O) groups is 1. The van der Waals surface area contributed by atoms with Gasteiger partial charge in [-0.05, 0) is 50.1 Å². The maximum absolute atomic E-state index is 12.9. The van der Waals surface area contributed by atoms with E-state index in [0.29, 0.717) is 5.02 Å². The molecule has 0 aliphatic carbocycles. The number of urea groups is 1. The predicted molar refractivity (Wildman–Crippen MR) is 98.7 cm³/mol. The van der Waals surface area contributed by atoms with Crippen LogP contribution < -0.4 is 5.32 Å². The second-order valence-corrected chi connectivity index (χ2v) is 6.80. The van der Waals surface area contributed by atoms with Crippen molar-refractivity contribution in [3.8, 4) is 0 Å². The van der Waals surface area contributed by atoms with E-state index in [-0.39, 0.29) is 12.1 Å². The molecule has 1 aliphatic heterocycles. The normalized spacial score (nSPS) is 16.8. The molecule has 0 fully saturated rings. The predicted octanol–water partition coefficient (Wildman–Crippen LogP) is 5.15. The molecule has 0 saturated heterocycles. The van der Waals surface area contributed by atoms with Crippen LogP contribution in [0.3, 0.4) is 0 Å². The lowest BCUT2D eigenvalue weighted by Gasteiger charge is -2.37. The fraction of sp³-hybridized carbons (Fsp3) is 0.421. The monoisotopic (exact) mass is 345 g/mol. The van der Waals surface area contributed by atoms with Crippen LogP contribution in [0.15, 0.2) is 30.3 Å². The van der Waals surface area contributed by atoms with Gasteiger partial charge in [0.1, 0.15) is 0 Å². The molecule has 1 atom stereocenters. The van der Waals surface area contributed by atoms with E-state index in [0.717, 1.165) is 37.2 Å². The fourth-order valence-electron chi connectivity index (χ4n) is 3.46. The van der Waals surface area contributed by atoms with E-state index in [4.69, 9.17) is 11.6 Å². The number of benzene rings is 1. The van der Waals surface area contributed by atoms with Gasteiger partial charge in [-0.2, -0.15) is 0 Å². The van der Waals surface area contributed by atoms with Crippen molar-refractivity contribution in [3.63, 3.8) is 0 Å². The summed E-state index contributed by atoms with van der Waals surface area (Å²) in [6.45, 7) is 7.77. The summed E-state index contributed by atoms with van der Waals surface area (Å²) in [7, 11) is 0. The lowest BCUT2D eigenvalue weighted by molar-refractivity contribution is 0.162. The quantitative estimate of drug-likeness (QED) is 0.820. The minimum absolute atomic E-state index is 0.0519. The SMILES string of the molecule is CCC[C@H]1c2ccc(C)n2CCN1C(=O)Nc1cccc(Cl)c1C. The highest BCUT2D eigenvalue weighted by molar-refractivity contribution is 6.31. The number of rotatable bonds is 3. The van der Waals surface area contributed by atoms with E-state index in [1.54, 1.807) is 0 Å². The van der Waals surface area contributed by atoms with E-state index in [1.165, 1.54) is 11.4 Å². The molecule has 0 spiro atoms. The minimum atomic E-state index is -0.0519. The largest absolute Gasteiger partial charge is 0.345 e. The lowest BCUT2D eigenvalue weighted by atomic mass is 10.0. The molecule has 1 N–H and O–H groups in total. The van der Waals surface area contributed by atoms with Gasteiger partial charge in [-0.3, -0.25) is 0 Å². The summed E-state index contributed by atoms with van der Waals surface area (Å²) >= 11 is 6.16. The summed E-state index contributed by atoms with van der Waals surface area (Å²) in [5.41, 5.74) is 4.17. The number of halogens is 1. The van der Waals surface area contributed by atoms with Crippen molar-refractivity contribution < 1.29 is 4.79 Å². The molecule has 1 aromatic carbocycles. The highest BCUT2D eigenvalue weighted by atomic mass is 35.5. The van der Waals surface area contributed by atoms with Gasteiger partial charge in [0.2, 0.25) is 0 Å². The molecular weight excluding hydrogens is 322 g/mol. The van der Waals surface area contributed by atoms with E-state index in [1.807, 2.05) is 30.0 Å². The molecule has 1 aliphatic rings. The number of carbonyl (C=O) groups excluding carboxylic acids is 1. The highest BCUT2D eigenvalue weighted by Crippen LogP contribution is 2.32. The van der Waals surface area contributed by atoms with Crippen LogP contribution in [-0.2, 0) is 6.54 Å². The number of aryl methyl sites for hydroxylation is 1. The van der Waals surface area contributed by atoms with Crippen LogP contribution in [0.25, 0.3) is 0 Å². The van der Waals surface area contributed by atoms with Gasteiger partial charge in [-0.1, -0.05) is 31.0 Å². The van der Waals surface area contributed by atoms with Crippen molar-refractivity contribution in [1.29, 1.82) is 0 Å². The van der Waals surface area contributed by atoms with Crippen LogP contribution >= 0.6 is 11.6 Å². The molecule has 0 unspecified atom stereocenters. The van der Waals surface area contributed by atoms with Gasteiger partial charge in [0, 0.05) is 35.2 Å². The third-order valence-corrected chi connectivity index (χ3v) is 5.26. The Balaban J connectivity index is 1.85. The van der Waals surface area contributed by atoms with Crippen LogP contribution in [-0.4, -0.2) is 22.0 Å². The molecule has 0 bridgehead atoms. The van der Waals surface area contributed by atoms with E-state index in [9.17, 15) is 4.79 Å². The maximum atomic E-state index is 12.9. The molecule has 4 nitrogen and oxygen atoms in total. The Kier molecular flexibility index (Phi) is 4.86. The summed E-state index contributed by atoms with van der Waals surface area (Å²) < 4.78 is 2.33. The van der Waals surface area contributed by atoms with Gasteiger partial charge < -0.3 is 14.8 Å². The van der Waals surface area contributed by atoms with Gasteiger partial charge in [0.25, 0.3) is 0 Å². The molecule has 2 aromatic rings. The van der Waals surface area contributed by atoms with Crippen LogP contribution in [0.1, 0.15) is 42.8 Å². The van der Waals surface area contributed by atoms with Crippen molar-refractivity contribution >= 4 is 23.3 Å². The Morgan fingerprint density at radius 3 is 2.79 bits per heavy atom. The van der Waals surface area contributed by atoms with Gasteiger partial charge >= 0.3 is 6.03 Å². The number of nitrogens with zero attached hydrogens (tertiary/aromatic N) is 2. The Labute approximate surface area is 148 Å². The van der Waals surface area contributed by atoms with Gasteiger partial charge in [0.05, 0.1) is 6.04 Å². The number of hydrogen-bond donors (Lipinski definition) is 1. The number of aromatic nitrogens is 1. The first-order valence-electron chi connectivity index (χ1n) is 8.51. The van der Waals surface area contributed by atoms with Gasteiger partial charge in [-0.15, -0.1) is 0 Å². The van der Waals surface area contributed by atoms with E-state index in [2.05, 4.69) is 35.9 Å². The number of nitrogens with one attached hydrogen (secondary N) is 1. The van der Waals surface area contributed by atoms with E-state index < -0.39 is 0 Å². The van der Waals surface area contributed by atoms with Crippen LogP contribution in [0.5, 0.6) is 0 Å². The second-order valence-electron chi connectivity index (χ2n) is 6.39. The molecule has 3 rings (SSSR count). The third-order valence-electron chi connectivity index (χ3n) is 4.85. The summed E-state index contributed by atoms with van der Waals surface area (Å²) in [6, 6.07) is 9.95. The molecule has 128 valence electrons. The summed E-state index contributed by atoms with van der Waals surface area (Å²) in [5, 5.41) is 3.71. The van der Waals surface area contributed by atoms with Crippen LogP contribution in [0.4, 0.5) is 10.5 Å². The topological polar surface area (TPSA) is 37.3 Å². The summed E-state index contributed by atoms with van der Waals surface area (Å²) in [6.07, 6.45) is 2.00. The Hall–Kier alpha value is -1.94. The zero-order valence-corrected chi connectivity index (χ0v) is 15.2. The molecule has 1 aromatic heterocycles. The molecule has 0 radical (unpaired) electrons. The van der Waals surface area contributed by atoms with Crippen molar-refractivity contribution in [2.75, 3.05) is 11.9 Å². The number of amides is 2. The fourth-order valence-corrected chi connectivity index (χ4v) is 3.63. The first-order valence-corrected chi connectivity index (χ1v) is 8.89. The van der Waals surface area contributed by atoms with Gasteiger partial charge in [-0.25, -0.2) is 4.79 Å². The average Bonchev–Trinajstić information content (AvgIpc) is 2.94. The molecule has 0 saturated carbocycles. The Morgan fingerprint density at radius 2 is 2.04 bits per heavy atom. The molecule has 2 heterocycles. The lowest BCUT2D eigenvalue weighted by Crippen LogP contribution is -2.44. The second kappa shape index (κ2) is 6.89. The summed E-state index contributed by atoms with van der Waals surface area (Å²) in [5.74, 6) is 0. The molecule has 2 amide bonds. The minimum Gasteiger partial charge on any atom is -0.345 e. The number of fused-ring (bicyclic) bond motifs is 1. The molecular formula is C19H24ClN3O. The first kappa shape index (κ1) is 16.9. The van der Waals surface area contributed by atoms with E-state index >= 15 is 0 Å². The van der Waals surface area contributed by atoms with Crippen LogP contribution in [0, 0.1) is 13.8 Å². The highest BCUT2D eigenvalue weighted by Gasteiger charge is 2.31. The Morgan fingerprint density at radius 1 is 1.25 bits per heavy atom. The van der Waals surface area contributed by atoms with Crippen molar-refractivity contribution in [3.05, 3.63) is 52.3 Å². The average molecular weight is 346 g/mol.